The van der Waals surface area contributed by atoms with E-state index < -0.39 is 5.54 Å². The van der Waals surface area contributed by atoms with Gasteiger partial charge in [-0.05, 0) is 62.6 Å². The van der Waals surface area contributed by atoms with Gasteiger partial charge in [-0.2, -0.15) is 0 Å². The molecule has 5 nitrogen and oxygen atoms in total. The van der Waals surface area contributed by atoms with Gasteiger partial charge in [-0.3, -0.25) is 9.59 Å². The molecule has 31 heavy (non-hydrogen) atoms. The molecule has 0 spiro atoms. The summed E-state index contributed by atoms with van der Waals surface area (Å²) < 4.78 is 2.04. The molecule has 1 N–H and O–H groups in total. The second-order valence-corrected chi connectivity index (χ2v) is 9.57. The molecule has 4 rings (SSSR count). The number of benzene rings is 1. The van der Waals surface area contributed by atoms with Crippen molar-refractivity contribution in [2.75, 3.05) is 6.54 Å². The van der Waals surface area contributed by atoms with Crippen molar-refractivity contribution in [1.82, 2.24) is 14.8 Å². The van der Waals surface area contributed by atoms with Gasteiger partial charge in [0, 0.05) is 18.3 Å². The molecule has 166 valence electrons. The lowest BCUT2D eigenvalue weighted by Crippen LogP contribution is -2.65. The van der Waals surface area contributed by atoms with Crippen LogP contribution in [0.3, 0.4) is 0 Å². The molecule has 0 unspecified atom stereocenters. The molecule has 1 aliphatic heterocycles. The third kappa shape index (κ3) is 4.15. The second kappa shape index (κ2) is 8.89. The highest BCUT2D eigenvalue weighted by Crippen LogP contribution is 2.34. The van der Waals surface area contributed by atoms with Gasteiger partial charge in [-0.25, -0.2) is 0 Å². The summed E-state index contributed by atoms with van der Waals surface area (Å²) in [6.07, 6.45) is 6.23. The Kier molecular flexibility index (Phi) is 6.22. The maximum atomic E-state index is 13.6. The zero-order chi connectivity index (χ0) is 22.0. The number of hydrogen-bond donors (Lipinski definition) is 1. The van der Waals surface area contributed by atoms with Crippen molar-refractivity contribution in [3.05, 3.63) is 48.2 Å². The highest BCUT2D eigenvalue weighted by molar-refractivity contribution is 6.00. The van der Waals surface area contributed by atoms with Crippen LogP contribution >= 0.6 is 0 Å². The molecule has 1 aromatic heterocycles. The molecule has 1 aliphatic carbocycles. The minimum absolute atomic E-state index is 0.0186. The zero-order valence-corrected chi connectivity index (χ0v) is 19.1. The van der Waals surface area contributed by atoms with E-state index in [0.29, 0.717) is 18.8 Å². The Bertz CT molecular complexity index is 927. The Morgan fingerprint density at radius 3 is 2.42 bits per heavy atom. The Hall–Kier alpha value is -2.56. The van der Waals surface area contributed by atoms with E-state index in [2.05, 4.69) is 31.3 Å². The quantitative estimate of drug-likeness (QED) is 0.724. The van der Waals surface area contributed by atoms with E-state index in [4.69, 9.17) is 0 Å². The second-order valence-electron chi connectivity index (χ2n) is 9.57. The molecular weight excluding hydrogens is 386 g/mol. The number of amides is 2. The summed E-state index contributed by atoms with van der Waals surface area (Å²) in [4.78, 5) is 29.0. The Morgan fingerprint density at radius 2 is 1.74 bits per heavy atom. The van der Waals surface area contributed by atoms with E-state index in [9.17, 15) is 9.59 Å². The summed E-state index contributed by atoms with van der Waals surface area (Å²) in [5.41, 5.74) is 1.83. The van der Waals surface area contributed by atoms with Gasteiger partial charge in [0.15, 0.2) is 0 Å². The topological polar surface area (TPSA) is 54.3 Å². The lowest BCUT2D eigenvalue weighted by molar-refractivity contribution is -0.133. The molecule has 1 aromatic carbocycles. The molecule has 0 saturated heterocycles. The minimum Gasteiger partial charge on any atom is -0.351 e. The van der Waals surface area contributed by atoms with Crippen LogP contribution in [-0.4, -0.2) is 39.4 Å². The van der Waals surface area contributed by atoms with Crippen LogP contribution in [0.4, 0.5) is 0 Å². The van der Waals surface area contributed by atoms with Crippen molar-refractivity contribution in [2.24, 2.45) is 5.92 Å². The molecule has 0 radical (unpaired) electrons. The molecule has 1 atom stereocenters. The predicted octanol–water partition coefficient (Wildman–Crippen LogP) is 4.86. The fourth-order valence-corrected chi connectivity index (χ4v) is 5.05. The first kappa shape index (κ1) is 21.7. The smallest absolute Gasteiger partial charge is 0.271 e. The Morgan fingerprint density at radius 1 is 1.06 bits per heavy atom. The molecule has 2 aromatic rings. The number of carbonyl (C=O) groups excluding carboxylic acids is 2. The van der Waals surface area contributed by atoms with Gasteiger partial charge in [0.2, 0.25) is 5.91 Å². The summed E-state index contributed by atoms with van der Waals surface area (Å²) in [5, 5.41) is 3.31. The standard InChI is InChI=1S/C26H35N3O2/c1-4-5-17-29-24(30)23-16-15-22(20-9-7-6-8-10-20)28(23)18-26(29,3)25(31)27-21-13-11-19(2)12-14-21/h6-10,15-16,19,21H,4-5,11-14,17-18H2,1-3H3,(H,27,31)/t19?,21?,26-/m0/s1. The van der Waals surface area contributed by atoms with Crippen LogP contribution in [0.25, 0.3) is 11.3 Å². The van der Waals surface area contributed by atoms with Gasteiger partial charge >= 0.3 is 0 Å². The average molecular weight is 422 g/mol. The maximum Gasteiger partial charge on any atom is 0.271 e. The van der Waals surface area contributed by atoms with Crippen molar-refractivity contribution >= 4 is 11.8 Å². The van der Waals surface area contributed by atoms with Crippen LogP contribution in [0.15, 0.2) is 42.5 Å². The average Bonchev–Trinajstić information content (AvgIpc) is 3.19. The lowest BCUT2D eigenvalue weighted by atomic mass is 9.86. The largest absolute Gasteiger partial charge is 0.351 e. The monoisotopic (exact) mass is 421 g/mol. The third-order valence-electron chi connectivity index (χ3n) is 7.15. The number of nitrogens with zero attached hydrogens (tertiary/aromatic N) is 2. The van der Waals surface area contributed by atoms with E-state index in [1.807, 2.05) is 46.7 Å². The highest BCUT2D eigenvalue weighted by atomic mass is 16.2. The summed E-state index contributed by atoms with van der Waals surface area (Å²) in [7, 11) is 0. The van der Waals surface area contributed by atoms with E-state index >= 15 is 0 Å². The van der Waals surface area contributed by atoms with Crippen LogP contribution in [0.2, 0.25) is 0 Å². The number of nitrogens with one attached hydrogen (secondary N) is 1. The molecule has 2 aliphatic rings. The summed E-state index contributed by atoms with van der Waals surface area (Å²) >= 11 is 0. The minimum atomic E-state index is -0.898. The summed E-state index contributed by atoms with van der Waals surface area (Å²) in [6.45, 7) is 7.42. The predicted molar refractivity (Wildman–Crippen MR) is 124 cm³/mol. The molecule has 2 heterocycles. The number of carbonyl (C=O) groups is 2. The fraction of sp³-hybridized carbons (Fsp3) is 0.538. The lowest BCUT2D eigenvalue weighted by Gasteiger charge is -2.45. The number of fused-ring (bicyclic) bond motifs is 1. The van der Waals surface area contributed by atoms with Crippen LogP contribution < -0.4 is 5.32 Å². The van der Waals surface area contributed by atoms with Gasteiger partial charge < -0.3 is 14.8 Å². The first-order chi connectivity index (χ1) is 14.9. The summed E-state index contributed by atoms with van der Waals surface area (Å²) in [6, 6.07) is 14.2. The highest BCUT2D eigenvalue weighted by Gasteiger charge is 2.47. The van der Waals surface area contributed by atoms with Crippen molar-refractivity contribution in [1.29, 1.82) is 0 Å². The maximum absolute atomic E-state index is 13.6. The van der Waals surface area contributed by atoms with E-state index in [0.717, 1.165) is 55.7 Å². The molecule has 1 fully saturated rings. The van der Waals surface area contributed by atoms with Crippen LogP contribution in [0.5, 0.6) is 0 Å². The number of unbranched alkanes of at least 4 members (excludes halogenated alkanes) is 1. The van der Waals surface area contributed by atoms with Gasteiger partial charge in [-0.1, -0.05) is 50.6 Å². The fourth-order valence-electron chi connectivity index (χ4n) is 5.05. The van der Waals surface area contributed by atoms with Crippen molar-refractivity contribution in [2.45, 2.75) is 77.4 Å². The number of rotatable bonds is 6. The van der Waals surface area contributed by atoms with E-state index in [1.165, 1.54) is 0 Å². The molecule has 1 saturated carbocycles. The van der Waals surface area contributed by atoms with Crippen molar-refractivity contribution < 1.29 is 9.59 Å². The van der Waals surface area contributed by atoms with Gasteiger partial charge in [-0.15, -0.1) is 0 Å². The zero-order valence-electron chi connectivity index (χ0n) is 19.1. The van der Waals surface area contributed by atoms with E-state index in [-0.39, 0.29) is 17.9 Å². The third-order valence-corrected chi connectivity index (χ3v) is 7.15. The molecular formula is C26H35N3O2. The normalized spacial score (nSPS) is 25.9. The molecule has 0 bridgehead atoms. The van der Waals surface area contributed by atoms with Crippen molar-refractivity contribution in [3.8, 4) is 11.3 Å². The number of hydrogen-bond acceptors (Lipinski definition) is 2. The van der Waals surface area contributed by atoms with Gasteiger partial charge in [0.05, 0.1) is 6.54 Å². The first-order valence-corrected chi connectivity index (χ1v) is 11.8. The van der Waals surface area contributed by atoms with Gasteiger partial charge in [0.1, 0.15) is 11.2 Å². The first-order valence-electron chi connectivity index (χ1n) is 11.8. The van der Waals surface area contributed by atoms with Crippen LogP contribution in [0.1, 0.15) is 69.8 Å². The van der Waals surface area contributed by atoms with Crippen LogP contribution in [-0.2, 0) is 11.3 Å². The Labute approximate surface area is 185 Å². The summed E-state index contributed by atoms with van der Waals surface area (Å²) in [5.74, 6) is 0.670. The van der Waals surface area contributed by atoms with Crippen LogP contribution in [0, 0.1) is 5.92 Å². The van der Waals surface area contributed by atoms with Gasteiger partial charge in [0.25, 0.3) is 5.91 Å². The SMILES string of the molecule is CCCCN1C(=O)c2ccc(-c3ccccc3)n2C[C@@]1(C)C(=O)NC1CCC(C)CC1. The molecule has 5 heteroatoms. The number of aromatic nitrogens is 1. The molecule has 2 amide bonds. The van der Waals surface area contributed by atoms with Crippen molar-refractivity contribution in [3.63, 3.8) is 0 Å². The van der Waals surface area contributed by atoms with E-state index in [1.54, 1.807) is 0 Å². The Balaban J connectivity index is 1.66.